The Kier molecular flexibility index (Phi) is 7.84. The van der Waals surface area contributed by atoms with Gasteiger partial charge in [0.1, 0.15) is 18.2 Å². The smallest absolute Gasteiger partial charge is 0.309 e. The van der Waals surface area contributed by atoms with Crippen LogP contribution in [0.15, 0.2) is 35.1 Å². The van der Waals surface area contributed by atoms with Crippen LogP contribution in [-0.2, 0) is 20.9 Å². The third kappa shape index (κ3) is 5.52. The fourth-order valence-electron chi connectivity index (χ4n) is 4.06. The van der Waals surface area contributed by atoms with Crippen molar-refractivity contribution in [2.45, 2.75) is 40.2 Å². The van der Waals surface area contributed by atoms with Gasteiger partial charge in [-0.15, -0.1) is 0 Å². The van der Waals surface area contributed by atoms with E-state index in [0.717, 1.165) is 0 Å². The lowest BCUT2D eigenvalue weighted by Gasteiger charge is -2.31. The minimum Gasteiger partial charge on any atom is -0.466 e. The first-order valence-corrected chi connectivity index (χ1v) is 11.2. The molecule has 9 heteroatoms. The van der Waals surface area contributed by atoms with Gasteiger partial charge in [-0.25, -0.2) is 0 Å². The van der Waals surface area contributed by atoms with E-state index < -0.39 is 11.5 Å². The number of carbonyl (C=O) groups excluding carboxylic acids is 3. The second-order valence-electron chi connectivity index (χ2n) is 8.29. The lowest BCUT2D eigenvalue weighted by Crippen LogP contribution is -2.40. The van der Waals surface area contributed by atoms with E-state index in [1.807, 2.05) is 6.07 Å². The van der Waals surface area contributed by atoms with E-state index in [2.05, 4.69) is 5.32 Å². The molecule has 9 nitrogen and oxygen atoms in total. The molecular formula is C25H28N4O5. The summed E-state index contributed by atoms with van der Waals surface area (Å²) in [6.45, 7) is 6.25. The first kappa shape index (κ1) is 24.7. The van der Waals surface area contributed by atoms with Gasteiger partial charge in [0.25, 0.3) is 11.5 Å². The largest absolute Gasteiger partial charge is 0.466 e. The maximum atomic E-state index is 12.8. The van der Waals surface area contributed by atoms with Crippen LogP contribution in [-0.4, -0.2) is 46.9 Å². The van der Waals surface area contributed by atoms with E-state index in [4.69, 9.17) is 4.74 Å². The number of pyridine rings is 1. The molecule has 0 spiro atoms. The monoisotopic (exact) mass is 464 g/mol. The van der Waals surface area contributed by atoms with Crippen LogP contribution in [0.3, 0.4) is 0 Å². The number of amides is 2. The maximum Gasteiger partial charge on any atom is 0.309 e. The van der Waals surface area contributed by atoms with E-state index in [1.165, 1.54) is 4.57 Å². The molecule has 34 heavy (non-hydrogen) atoms. The predicted molar refractivity (Wildman–Crippen MR) is 125 cm³/mol. The summed E-state index contributed by atoms with van der Waals surface area (Å²) in [5.74, 6) is -0.929. The van der Waals surface area contributed by atoms with Gasteiger partial charge in [-0.05, 0) is 69.5 Å². The van der Waals surface area contributed by atoms with Gasteiger partial charge in [0.05, 0.1) is 12.5 Å². The Morgan fingerprint density at radius 2 is 1.79 bits per heavy atom. The van der Waals surface area contributed by atoms with Gasteiger partial charge in [-0.2, -0.15) is 5.26 Å². The summed E-state index contributed by atoms with van der Waals surface area (Å²) in [5.41, 5.74) is 1.66. The second kappa shape index (κ2) is 10.8. The van der Waals surface area contributed by atoms with E-state index >= 15 is 0 Å². The zero-order chi connectivity index (χ0) is 24.8. The molecule has 2 heterocycles. The van der Waals surface area contributed by atoms with E-state index in [-0.39, 0.29) is 29.9 Å². The van der Waals surface area contributed by atoms with Crippen molar-refractivity contribution in [2.75, 3.05) is 25.0 Å². The Morgan fingerprint density at radius 3 is 2.38 bits per heavy atom. The molecule has 0 aliphatic carbocycles. The zero-order valence-corrected chi connectivity index (χ0v) is 19.6. The van der Waals surface area contributed by atoms with Crippen molar-refractivity contribution in [3.63, 3.8) is 0 Å². The maximum absolute atomic E-state index is 12.8. The number of esters is 1. The number of carbonyl (C=O) groups is 3. The Morgan fingerprint density at radius 1 is 1.15 bits per heavy atom. The number of anilines is 1. The summed E-state index contributed by atoms with van der Waals surface area (Å²) in [6, 6.07) is 10.1. The fourth-order valence-corrected chi connectivity index (χ4v) is 4.06. The van der Waals surface area contributed by atoms with Crippen molar-refractivity contribution >= 4 is 23.5 Å². The molecule has 0 saturated carbocycles. The fraction of sp³-hybridized carbons (Fsp3) is 0.400. The van der Waals surface area contributed by atoms with Gasteiger partial charge < -0.3 is 19.5 Å². The molecule has 3 rings (SSSR count). The average Bonchev–Trinajstić information content (AvgIpc) is 2.82. The molecular weight excluding hydrogens is 436 g/mol. The number of ether oxygens (including phenoxy) is 1. The number of piperidine rings is 1. The number of hydrogen-bond donors (Lipinski definition) is 1. The number of likely N-dealkylation sites (tertiary alicyclic amines) is 1. The first-order valence-electron chi connectivity index (χ1n) is 11.2. The highest BCUT2D eigenvalue weighted by molar-refractivity contribution is 5.96. The molecule has 1 aromatic heterocycles. The number of nitriles is 1. The number of aryl methyl sites for hydroxylation is 2. The van der Waals surface area contributed by atoms with Gasteiger partial charge in [-0.1, -0.05) is 0 Å². The Balaban J connectivity index is 1.60. The lowest BCUT2D eigenvalue weighted by molar-refractivity contribution is -0.149. The topological polar surface area (TPSA) is 122 Å². The van der Waals surface area contributed by atoms with E-state index in [0.29, 0.717) is 55.0 Å². The summed E-state index contributed by atoms with van der Waals surface area (Å²) in [7, 11) is 0. The van der Waals surface area contributed by atoms with Crippen LogP contribution in [0.25, 0.3) is 0 Å². The number of benzene rings is 1. The SMILES string of the molecule is CCOC(=O)C1CCN(C(=O)c2ccc(NC(=O)Cn3c(C)cc(C)c(C#N)c3=O)cc2)CC1. The summed E-state index contributed by atoms with van der Waals surface area (Å²) < 4.78 is 6.33. The minimum atomic E-state index is -0.497. The summed E-state index contributed by atoms with van der Waals surface area (Å²) in [5, 5.41) is 11.9. The molecule has 0 atom stereocenters. The van der Waals surface area contributed by atoms with Crippen LogP contribution in [0.5, 0.6) is 0 Å². The zero-order valence-electron chi connectivity index (χ0n) is 19.6. The van der Waals surface area contributed by atoms with Gasteiger partial charge in [0.2, 0.25) is 5.91 Å². The molecule has 1 saturated heterocycles. The molecule has 0 radical (unpaired) electrons. The van der Waals surface area contributed by atoms with Crippen LogP contribution >= 0.6 is 0 Å². The Labute approximate surface area is 197 Å². The predicted octanol–water partition coefficient (Wildman–Crippen LogP) is 2.39. The average molecular weight is 465 g/mol. The number of nitrogens with one attached hydrogen (secondary N) is 1. The molecule has 178 valence electrons. The summed E-state index contributed by atoms with van der Waals surface area (Å²) in [6.07, 6.45) is 1.15. The molecule has 0 unspecified atom stereocenters. The molecule has 1 N–H and O–H groups in total. The quantitative estimate of drug-likeness (QED) is 0.655. The van der Waals surface area contributed by atoms with E-state index in [1.54, 1.807) is 56.0 Å². The van der Waals surface area contributed by atoms with Gasteiger partial charge in [-0.3, -0.25) is 19.2 Å². The van der Waals surface area contributed by atoms with Crippen LogP contribution in [0.2, 0.25) is 0 Å². The van der Waals surface area contributed by atoms with Gasteiger partial charge in [0.15, 0.2) is 0 Å². The number of aromatic nitrogens is 1. The normalized spacial score (nSPS) is 13.8. The summed E-state index contributed by atoms with van der Waals surface area (Å²) >= 11 is 0. The second-order valence-corrected chi connectivity index (χ2v) is 8.29. The third-order valence-electron chi connectivity index (χ3n) is 5.94. The first-order chi connectivity index (χ1) is 16.2. The molecule has 1 fully saturated rings. The van der Waals surface area contributed by atoms with Crippen LogP contribution < -0.4 is 10.9 Å². The molecule has 0 bridgehead atoms. The highest BCUT2D eigenvalue weighted by atomic mass is 16.5. The molecule has 1 aliphatic heterocycles. The van der Waals surface area contributed by atoms with Crippen LogP contribution in [0.4, 0.5) is 5.69 Å². The highest BCUT2D eigenvalue weighted by Crippen LogP contribution is 2.21. The van der Waals surface area contributed by atoms with Crippen molar-refractivity contribution in [1.29, 1.82) is 5.26 Å². The molecule has 2 amide bonds. The van der Waals surface area contributed by atoms with Crippen molar-refractivity contribution in [3.8, 4) is 6.07 Å². The van der Waals surface area contributed by atoms with Crippen molar-refractivity contribution in [1.82, 2.24) is 9.47 Å². The van der Waals surface area contributed by atoms with Gasteiger partial charge >= 0.3 is 5.97 Å². The Hall–Kier alpha value is -3.93. The third-order valence-corrected chi connectivity index (χ3v) is 5.94. The lowest BCUT2D eigenvalue weighted by atomic mass is 9.96. The standard InChI is InChI=1S/C25H28N4O5/c1-4-34-25(33)19-9-11-28(12-10-19)23(31)18-5-7-20(8-6-18)27-22(30)15-29-17(3)13-16(2)21(14-26)24(29)32/h5-8,13,19H,4,9-12,15H2,1-3H3,(H,27,30). The van der Waals surface area contributed by atoms with Crippen molar-refractivity contribution < 1.29 is 19.1 Å². The van der Waals surface area contributed by atoms with Crippen molar-refractivity contribution in [2.24, 2.45) is 5.92 Å². The Bertz CT molecular complexity index is 1190. The molecule has 2 aromatic rings. The molecule has 1 aromatic carbocycles. The van der Waals surface area contributed by atoms with Crippen molar-refractivity contribution in [3.05, 3.63) is 63.1 Å². The summed E-state index contributed by atoms with van der Waals surface area (Å²) in [4.78, 5) is 51.4. The number of hydrogen-bond acceptors (Lipinski definition) is 6. The van der Waals surface area contributed by atoms with Crippen LogP contribution in [0.1, 0.15) is 46.9 Å². The van der Waals surface area contributed by atoms with E-state index in [9.17, 15) is 24.4 Å². The number of rotatable bonds is 6. The number of nitrogens with zero attached hydrogens (tertiary/aromatic N) is 3. The molecule has 1 aliphatic rings. The van der Waals surface area contributed by atoms with Crippen LogP contribution in [0, 0.1) is 31.1 Å². The van der Waals surface area contributed by atoms with Gasteiger partial charge in [0, 0.05) is 30.0 Å². The minimum absolute atomic E-state index is 0.0209. The highest BCUT2D eigenvalue weighted by Gasteiger charge is 2.28.